The Balaban J connectivity index is 2.09. The second kappa shape index (κ2) is 4.68. The van der Waals surface area contributed by atoms with Gasteiger partial charge in [-0.25, -0.2) is 4.98 Å². The van der Waals surface area contributed by atoms with Gasteiger partial charge in [0.1, 0.15) is 6.33 Å². The van der Waals surface area contributed by atoms with E-state index in [0.717, 1.165) is 27.6 Å². The molecule has 0 saturated heterocycles. The minimum absolute atomic E-state index is 0.0789. The summed E-state index contributed by atoms with van der Waals surface area (Å²) in [6.45, 7) is -0.0789. The van der Waals surface area contributed by atoms with Crippen LogP contribution >= 0.6 is 0 Å². The molecule has 0 aliphatic heterocycles. The Labute approximate surface area is 121 Å². The van der Waals surface area contributed by atoms with E-state index in [9.17, 15) is 5.11 Å². The lowest BCUT2D eigenvalue weighted by Gasteiger charge is -2.10. The Hall–Kier alpha value is -2.72. The predicted octanol–water partition coefficient (Wildman–Crippen LogP) is 3.07. The summed E-state index contributed by atoms with van der Waals surface area (Å²) in [5, 5.41) is 10.5. The maximum absolute atomic E-state index is 9.44. The number of aromatic nitrogens is 3. The monoisotopic (exact) mass is 275 g/mol. The second-order valence-electron chi connectivity index (χ2n) is 4.91. The van der Waals surface area contributed by atoms with Crippen LogP contribution in [0.5, 0.6) is 0 Å². The molecule has 21 heavy (non-hydrogen) atoms. The van der Waals surface area contributed by atoms with Crippen molar-refractivity contribution in [3.05, 3.63) is 66.6 Å². The third-order valence-corrected chi connectivity index (χ3v) is 3.62. The Kier molecular flexibility index (Phi) is 2.69. The zero-order chi connectivity index (χ0) is 14.2. The SMILES string of the molecule is OCc1cc(-n2cnc3ccccc32)c2ccccc2n1. The molecule has 0 unspecified atom stereocenters. The van der Waals surface area contributed by atoms with Crippen LogP contribution in [0.15, 0.2) is 60.9 Å². The van der Waals surface area contributed by atoms with E-state index in [0.29, 0.717) is 5.69 Å². The molecule has 2 aromatic carbocycles. The first-order chi connectivity index (χ1) is 10.4. The molecule has 2 aromatic heterocycles. The number of para-hydroxylation sites is 3. The lowest BCUT2D eigenvalue weighted by Crippen LogP contribution is -1.98. The number of fused-ring (bicyclic) bond motifs is 2. The first-order valence-corrected chi connectivity index (χ1v) is 6.79. The molecule has 4 heteroatoms. The van der Waals surface area contributed by atoms with Crippen LogP contribution in [-0.2, 0) is 6.61 Å². The largest absolute Gasteiger partial charge is 0.390 e. The van der Waals surface area contributed by atoms with Gasteiger partial charge in [0.25, 0.3) is 0 Å². The highest BCUT2D eigenvalue weighted by Gasteiger charge is 2.10. The Bertz CT molecular complexity index is 943. The van der Waals surface area contributed by atoms with Crippen LogP contribution in [0.3, 0.4) is 0 Å². The van der Waals surface area contributed by atoms with Gasteiger partial charge in [0.2, 0.25) is 0 Å². The van der Waals surface area contributed by atoms with E-state index in [1.165, 1.54) is 0 Å². The molecule has 4 nitrogen and oxygen atoms in total. The molecule has 4 rings (SSSR count). The van der Waals surface area contributed by atoms with E-state index in [2.05, 4.69) is 9.97 Å². The first kappa shape index (κ1) is 12.1. The zero-order valence-corrected chi connectivity index (χ0v) is 11.3. The molecule has 0 saturated carbocycles. The average molecular weight is 275 g/mol. The Morgan fingerprint density at radius 1 is 0.952 bits per heavy atom. The molecule has 2 heterocycles. The molecular formula is C17H13N3O. The van der Waals surface area contributed by atoms with Crippen molar-refractivity contribution in [1.82, 2.24) is 14.5 Å². The smallest absolute Gasteiger partial charge is 0.100 e. The Morgan fingerprint density at radius 3 is 2.57 bits per heavy atom. The molecule has 0 spiro atoms. The van der Waals surface area contributed by atoms with Crippen molar-refractivity contribution in [1.29, 1.82) is 0 Å². The van der Waals surface area contributed by atoms with E-state index in [-0.39, 0.29) is 6.61 Å². The maximum atomic E-state index is 9.44. The van der Waals surface area contributed by atoms with Crippen molar-refractivity contribution in [3.63, 3.8) is 0 Å². The van der Waals surface area contributed by atoms with Crippen molar-refractivity contribution in [2.75, 3.05) is 0 Å². The number of imidazole rings is 1. The normalized spacial score (nSPS) is 11.3. The van der Waals surface area contributed by atoms with Gasteiger partial charge in [-0.05, 0) is 24.3 Å². The molecule has 4 aromatic rings. The van der Waals surface area contributed by atoms with Crippen LogP contribution in [-0.4, -0.2) is 19.6 Å². The molecule has 0 fully saturated rings. The molecular weight excluding hydrogens is 262 g/mol. The number of aliphatic hydroxyl groups excluding tert-OH is 1. The van der Waals surface area contributed by atoms with Crippen molar-refractivity contribution >= 4 is 21.9 Å². The molecule has 0 aliphatic carbocycles. The zero-order valence-electron chi connectivity index (χ0n) is 11.3. The van der Waals surface area contributed by atoms with Gasteiger partial charge in [-0.1, -0.05) is 30.3 Å². The summed E-state index contributed by atoms with van der Waals surface area (Å²) in [5.41, 5.74) is 4.50. The van der Waals surface area contributed by atoms with Crippen molar-refractivity contribution in [3.8, 4) is 5.69 Å². The highest BCUT2D eigenvalue weighted by molar-refractivity contribution is 5.90. The minimum Gasteiger partial charge on any atom is -0.390 e. The van der Waals surface area contributed by atoms with E-state index in [1.54, 1.807) is 0 Å². The average Bonchev–Trinajstić information content (AvgIpc) is 2.97. The molecule has 102 valence electrons. The van der Waals surface area contributed by atoms with Gasteiger partial charge in [0, 0.05) is 5.39 Å². The van der Waals surface area contributed by atoms with E-state index < -0.39 is 0 Å². The number of benzene rings is 2. The van der Waals surface area contributed by atoms with Gasteiger partial charge in [0.05, 0.1) is 34.5 Å². The van der Waals surface area contributed by atoms with Gasteiger partial charge in [0.15, 0.2) is 0 Å². The molecule has 0 atom stereocenters. The standard InChI is InChI=1S/C17H13N3O/c21-10-12-9-17(13-5-1-2-6-14(13)19-12)20-11-18-15-7-3-4-8-16(15)20/h1-9,11,21H,10H2. The lowest BCUT2D eigenvalue weighted by atomic mass is 10.1. The maximum Gasteiger partial charge on any atom is 0.100 e. The summed E-state index contributed by atoms with van der Waals surface area (Å²) in [7, 11) is 0. The number of hydrogen-bond donors (Lipinski definition) is 1. The molecule has 0 aliphatic rings. The quantitative estimate of drug-likeness (QED) is 0.611. The highest BCUT2D eigenvalue weighted by atomic mass is 16.3. The first-order valence-electron chi connectivity index (χ1n) is 6.79. The fourth-order valence-corrected chi connectivity index (χ4v) is 2.64. The molecule has 0 radical (unpaired) electrons. The summed E-state index contributed by atoms with van der Waals surface area (Å²) >= 11 is 0. The van der Waals surface area contributed by atoms with Crippen molar-refractivity contribution in [2.45, 2.75) is 6.61 Å². The second-order valence-corrected chi connectivity index (χ2v) is 4.91. The van der Waals surface area contributed by atoms with Crippen LogP contribution < -0.4 is 0 Å². The lowest BCUT2D eigenvalue weighted by molar-refractivity contribution is 0.277. The molecule has 0 amide bonds. The topological polar surface area (TPSA) is 50.9 Å². The van der Waals surface area contributed by atoms with Gasteiger partial charge in [-0.3, -0.25) is 9.55 Å². The van der Waals surface area contributed by atoms with Crippen LogP contribution in [0.2, 0.25) is 0 Å². The third kappa shape index (κ3) is 1.88. The van der Waals surface area contributed by atoms with E-state index >= 15 is 0 Å². The Morgan fingerprint density at radius 2 is 1.71 bits per heavy atom. The third-order valence-electron chi connectivity index (χ3n) is 3.62. The van der Waals surface area contributed by atoms with Gasteiger partial charge in [-0.2, -0.15) is 0 Å². The van der Waals surface area contributed by atoms with Crippen molar-refractivity contribution in [2.24, 2.45) is 0 Å². The number of hydrogen-bond acceptors (Lipinski definition) is 3. The van der Waals surface area contributed by atoms with Crippen LogP contribution in [0.25, 0.3) is 27.6 Å². The van der Waals surface area contributed by atoms with Crippen LogP contribution in [0.4, 0.5) is 0 Å². The summed E-state index contributed by atoms with van der Waals surface area (Å²) in [5.74, 6) is 0. The van der Waals surface area contributed by atoms with E-state index in [4.69, 9.17) is 0 Å². The fraction of sp³-hybridized carbons (Fsp3) is 0.0588. The van der Waals surface area contributed by atoms with Gasteiger partial charge >= 0.3 is 0 Å². The summed E-state index contributed by atoms with van der Waals surface area (Å²) in [4.78, 5) is 8.90. The minimum atomic E-state index is -0.0789. The molecule has 0 bridgehead atoms. The number of rotatable bonds is 2. The van der Waals surface area contributed by atoms with Crippen LogP contribution in [0.1, 0.15) is 5.69 Å². The highest BCUT2D eigenvalue weighted by Crippen LogP contribution is 2.25. The summed E-state index contributed by atoms with van der Waals surface area (Å²) in [6.07, 6.45) is 1.81. The van der Waals surface area contributed by atoms with E-state index in [1.807, 2.05) is 65.5 Å². The van der Waals surface area contributed by atoms with Gasteiger partial charge < -0.3 is 5.11 Å². The van der Waals surface area contributed by atoms with Crippen molar-refractivity contribution < 1.29 is 5.11 Å². The summed E-state index contributed by atoms with van der Waals surface area (Å²) < 4.78 is 2.04. The number of pyridine rings is 1. The fourth-order valence-electron chi connectivity index (χ4n) is 2.64. The number of aliphatic hydroxyl groups is 1. The number of nitrogens with zero attached hydrogens (tertiary/aromatic N) is 3. The molecule has 1 N–H and O–H groups in total. The van der Waals surface area contributed by atoms with Gasteiger partial charge in [-0.15, -0.1) is 0 Å². The predicted molar refractivity (Wildman–Crippen MR) is 82.3 cm³/mol. The summed E-state index contributed by atoms with van der Waals surface area (Å²) in [6, 6.07) is 17.8. The van der Waals surface area contributed by atoms with Crippen LogP contribution in [0, 0.1) is 0 Å².